The van der Waals surface area contributed by atoms with Crippen LogP contribution in [-0.4, -0.2) is 25.8 Å². The van der Waals surface area contributed by atoms with Crippen LogP contribution in [0.2, 0.25) is 5.02 Å². The van der Waals surface area contributed by atoms with E-state index in [0.29, 0.717) is 6.42 Å². The van der Waals surface area contributed by atoms with Crippen molar-refractivity contribution in [2.45, 2.75) is 12.5 Å². The molecule has 0 saturated carbocycles. The minimum atomic E-state index is -0.0280. The summed E-state index contributed by atoms with van der Waals surface area (Å²) in [5.41, 5.74) is 1.86. The smallest absolute Gasteiger partial charge is 0.191 e. The molecule has 0 saturated heterocycles. The van der Waals surface area contributed by atoms with Gasteiger partial charge in [0.25, 0.3) is 0 Å². The van der Waals surface area contributed by atoms with E-state index in [9.17, 15) is 0 Å². The predicted molar refractivity (Wildman–Crippen MR) is 90.1 cm³/mol. The first kappa shape index (κ1) is 15.3. The Morgan fingerprint density at radius 1 is 1.52 bits per heavy atom. The number of nitrogens with zero attached hydrogens (tertiary/aromatic N) is 2. The van der Waals surface area contributed by atoms with Crippen LogP contribution in [-0.2, 0) is 0 Å². The van der Waals surface area contributed by atoms with Gasteiger partial charge in [-0.2, -0.15) is 0 Å². The van der Waals surface area contributed by atoms with Gasteiger partial charge in [0, 0.05) is 23.7 Å². The maximum atomic E-state index is 6.32. The minimum absolute atomic E-state index is 0.0280. The van der Waals surface area contributed by atoms with Gasteiger partial charge in [0.15, 0.2) is 5.96 Å². The molecule has 5 heteroatoms. The van der Waals surface area contributed by atoms with Gasteiger partial charge in [-0.25, -0.2) is 0 Å². The predicted octanol–water partition coefficient (Wildman–Crippen LogP) is 3.09. The lowest BCUT2D eigenvalue weighted by molar-refractivity contribution is 0.628. The summed E-state index contributed by atoms with van der Waals surface area (Å²) in [7, 11) is 0. The second-order valence-corrected chi connectivity index (χ2v) is 5.04. The Kier molecular flexibility index (Phi) is 5.58. The molecule has 2 N–H and O–H groups in total. The van der Waals surface area contributed by atoms with Crippen LogP contribution in [0, 0.1) is 0 Å². The van der Waals surface area contributed by atoms with Crippen molar-refractivity contribution < 1.29 is 0 Å². The minimum Gasteiger partial charge on any atom is -0.355 e. The van der Waals surface area contributed by atoms with Gasteiger partial charge < -0.3 is 10.6 Å². The third-order valence-corrected chi connectivity index (χ3v) is 3.54. The average molecular weight is 303 g/mol. The van der Waals surface area contributed by atoms with Crippen molar-refractivity contribution in [1.29, 1.82) is 0 Å². The Morgan fingerprint density at radius 2 is 2.33 bits per heavy atom. The van der Waals surface area contributed by atoms with Gasteiger partial charge in [0.2, 0.25) is 0 Å². The summed E-state index contributed by atoms with van der Waals surface area (Å²) in [5.74, 6) is 0.793. The number of hydrogen-bond acceptors (Lipinski definition) is 4. The molecule has 1 aliphatic rings. The SMILES string of the molecule is C=C/C=C(/CC(NC1=NCCN1)c1ccccc1Cl)N=C. The lowest BCUT2D eigenvalue weighted by Gasteiger charge is -2.21. The zero-order valence-electron chi connectivity index (χ0n) is 11.8. The molecule has 0 spiro atoms. The van der Waals surface area contributed by atoms with E-state index in [2.05, 4.69) is 33.9 Å². The molecule has 0 aromatic heterocycles. The van der Waals surface area contributed by atoms with Crippen LogP contribution in [0.5, 0.6) is 0 Å². The van der Waals surface area contributed by atoms with Crippen LogP contribution in [0.25, 0.3) is 0 Å². The van der Waals surface area contributed by atoms with E-state index >= 15 is 0 Å². The second kappa shape index (κ2) is 7.64. The molecule has 0 bridgehead atoms. The van der Waals surface area contributed by atoms with Crippen molar-refractivity contribution >= 4 is 24.3 Å². The van der Waals surface area contributed by atoms with Gasteiger partial charge in [-0.15, -0.1) is 0 Å². The highest BCUT2D eigenvalue weighted by atomic mass is 35.5. The van der Waals surface area contributed by atoms with Crippen LogP contribution in [0.4, 0.5) is 0 Å². The first-order valence-electron chi connectivity index (χ1n) is 6.82. The first-order chi connectivity index (χ1) is 10.2. The lowest BCUT2D eigenvalue weighted by atomic mass is 10.0. The first-order valence-corrected chi connectivity index (χ1v) is 7.20. The third kappa shape index (κ3) is 4.20. The molecule has 21 heavy (non-hydrogen) atoms. The van der Waals surface area contributed by atoms with E-state index in [0.717, 1.165) is 35.3 Å². The van der Waals surface area contributed by atoms with Crippen molar-refractivity contribution in [3.63, 3.8) is 0 Å². The number of hydrogen-bond donors (Lipinski definition) is 2. The second-order valence-electron chi connectivity index (χ2n) is 4.63. The molecule has 2 rings (SSSR count). The van der Waals surface area contributed by atoms with E-state index < -0.39 is 0 Å². The van der Waals surface area contributed by atoms with Gasteiger partial charge in [-0.1, -0.05) is 42.5 Å². The molecular weight excluding hydrogens is 284 g/mol. The number of nitrogens with one attached hydrogen (secondary N) is 2. The van der Waals surface area contributed by atoms with Crippen LogP contribution >= 0.6 is 11.6 Å². The Balaban J connectivity index is 2.25. The van der Waals surface area contributed by atoms with Gasteiger partial charge in [0.1, 0.15) is 0 Å². The lowest BCUT2D eigenvalue weighted by Crippen LogP contribution is -2.36. The zero-order valence-corrected chi connectivity index (χ0v) is 12.6. The average Bonchev–Trinajstić information content (AvgIpc) is 2.99. The van der Waals surface area contributed by atoms with Crippen molar-refractivity contribution in [2.24, 2.45) is 9.98 Å². The fourth-order valence-electron chi connectivity index (χ4n) is 2.19. The molecule has 0 fully saturated rings. The maximum absolute atomic E-state index is 6.32. The number of benzene rings is 1. The van der Waals surface area contributed by atoms with Crippen LogP contribution < -0.4 is 10.6 Å². The van der Waals surface area contributed by atoms with Crippen molar-refractivity contribution in [3.05, 3.63) is 59.3 Å². The van der Waals surface area contributed by atoms with Crippen molar-refractivity contribution in [2.75, 3.05) is 13.1 Å². The number of guanidine groups is 1. The van der Waals surface area contributed by atoms with E-state index in [-0.39, 0.29) is 6.04 Å². The molecule has 1 aromatic rings. The molecular formula is C16H19ClN4. The molecule has 1 heterocycles. The topological polar surface area (TPSA) is 48.8 Å². The quantitative estimate of drug-likeness (QED) is 0.627. The van der Waals surface area contributed by atoms with Crippen molar-refractivity contribution in [3.8, 4) is 0 Å². The Hall–Kier alpha value is -2.07. The van der Waals surface area contributed by atoms with E-state index in [1.165, 1.54) is 0 Å². The van der Waals surface area contributed by atoms with Crippen LogP contribution in [0.15, 0.2) is 58.7 Å². The van der Waals surface area contributed by atoms with E-state index in [1.807, 2.05) is 30.3 Å². The fourth-order valence-corrected chi connectivity index (χ4v) is 2.45. The summed E-state index contributed by atoms with van der Waals surface area (Å²) >= 11 is 6.32. The summed E-state index contributed by atoms with van der Waals surface area (Å²) in [5, 5.41) is 7.32. The van der Waals surface area contributed by atoms with Crippen LogP contribution in [0.1, 0.15) is 18.0 Å². The number of aliphatic imine (C=N–C) groups is 2. The van der Waals surface area contributed by atoms with Gasteiger partial charge in [0.05, 0.1) is 12.6 Å². The summed E-state index contributed by atoms with van der Waals surface area (Å²) in [4.78, 5) is 8.42. The molecule has 4 nitrogen and oxygen atoms in total. The summed E-state index contributed by atoms with van der Waals surface area (Å²) < 4.78 is 0. The van der Waals surface area contributed by atoms with Gasteiger partial charge in [-0.3, -0.25) is 9.98 Å². The third-order valence-electron chi connectivity index (χ3n) is 3.19. The number of halogens is 1. The number of rotatable bonds is 6. The Morgan fingerprint density at radius 3 is 2.95 bits per heavy atom. The molecule has 1 aromatic carbocycles. The zero-order chi connectivity index (χ0) is 15.1. The highest BCUT2D eigenvalue weighted by molar-refractivity contribution is 6.31. The molecule has 1 unspecified atom stereocenters. The standard InChI is InChI=1S/C16H19ClN4/c1-3-6-12(18-2)11-15(21-16-19-9-10-20-16)13-7-4-5-8-14(13)17/h3-8,15H,1-2,9-11H2,(H2,19,20,21)/b12-6-. The summed E-state index contributed by atoms with van der Waals surface area (Å²) in [6.07, 6.45) is 4.21. The molecule has 0 aliphatic carbocycles. The normalized spacial score (nSPS) is 15.9. The molecule has 1 aliphatic heterocycles. The molecule has 0 radical (unpaired) electrons. The monoisotopic (exact) mass is 302 g/mol. The molecule has 0 amide bonds. The van der Waals surface area contributed by atoms with Gasteiger partial charge in [-0.05, 0) is 24.4 Å². The van der Waals surface area contributed by atoms with Crippen molar-refractivity contribution in [1.82, 2.24) is 10.6 Å². The summed E-state index contributed by atoms with van der Waals surface area (Å²) in [6.45, 7) is 8.95. The van der Waals surface area contributed by atoms with E-state index in [1.54, 1.807) is 6.08 Å². The van der Waals surface area contributed by atoms with Crippen LogP contribution in [0.3, 0.4) is 0 Å². The highest BCUT2D eigenvalue weighted by Gasteiger charge is 2.18. The molecule has 110 valence electrons. The molecule has 1 atom stereocenters. The van der Waals surface area contributed by atoms with E-state index in [4.69, 9.17) is 11.6 Å². The Labute approximate surface area is 130 Å². The fraction of sp³-hybridized carbons (Fsp3) is 0.250. The Bertz CT molecular complexity index is 577. The highest BCUT2D eigenvalue weighted by Crippen LogP contribution is 2.28. The largest absolute Gasteiger partial charge is 0.355 e. The summed E-state index contributed by atoms with van der Waals surface area (Å²) in [6, 6.07) is 7.75. The maximum Gasteiger partial charge on any atom is 0.191 e. The number of allylic oxidation sites excluding steroid dienone is 2. The van der Waals surface area contributed by atoms with Gasteiger partial charge >= 0.3 is 0 Å².